The Hall–Kier alpha value is -3.05. The Morgan fingerprint density at radius 2 is 1.27 bits per heavy atom. The maximum Gasteiger partial charge on any atom is 0.327 e. The molecule has 2 N–H and O–H groups in total. The molecule has 154 valence electrons. The van der Waals surface area contributed by atoms with Gasteiger partial charge in [-0.3, -0.25) is 4.79 Å². The fraction of sp³-hybridized carbons (Fsp3) is 0.200. The molecular weight excluding hydrogens is 394 g/mol. The zero-order valence-electron chi connectivity index (χ0n) is 16.5. The Morgan fingerprint density at radius 3 is 1.70 bits per heavy atom. The van der Waals surface area contributed by atoms with Gasteiger partial charge in [-0.1, -0.05) is 91.0 Å². The summed E-state index contributed by atoms with van der Waals surface area (Å²) in [5.41, 5.74) is 2.69. The number of rotatable bonds is 9. The van der Waals surface area contributed by atoms with E-state index in [0.717, 1.165) is 16.7 Å². The molecule has 3 aromatic rings. The van der Waals surface area contributed by atoms with Crippen molar-refractivity contribution in [3.63, 3.8) is 0 Å². The van der Waals surface area contributed by atoms with Crippen LogP contribution in [0.15, 0.2) is 91.0 Å². The van der Waals surface area contributed by atoms with Gasteiger partial charge in [-0.05, 0) is 23.1 Å². The summed E-state index contributed by atoms with van der Waals surface area (Å²) in [6.07, 6.45) is 0.504. The van der Waals surface area contributed by atoms with Gasteiger partial charge in [0.15, 0.2) is 0 Å². The number of carboxylic acid groups (broad SMARTS) is 1. The number of nitrogens with one attached hydrogen (secondary N) is 1. The normalized spacial score (nSPS) is 12.9. The van der Waals surface area contributed by atoms with Gasteiger partial charge in [0.1, 0.15) is 6.04 Å². The number of carbonyl (C=O) groups excluding carboxylic acids is 1. The molecule has 30 heavy (non-hydrogen) atoms. The van der Waals surface area contributed by atoms with E-state index in [-0.39, 0.29) is 5.91 Å². The van der Waals surface area contributed by atoms with Crippen LogP contribution in [0.2, 0.25) is 0 Å². The molecule has 1 amide bonds. The van der Waals surface area contributed by atoms with Crippen LogP contribution in [0.4, 0.5) is 0 Å². The molecule has 0 heterocycles. The molecule has 0 radical (unpaired) electrons. The van der Waals surface area contributed by atoms with Gasteiger partial charge in [0, 0.05) is 11.7 Å². The topological polar surface area (TPSA) is 66.4 Å². The number of hydrogen-bond donors (Lipinski definition) is 3. The minimum absolute atomic E-state index is 0.307. The van der Waals surface area contributed by atoms with E-state index < -0.39 is 23.8 Å². The molecule has 0 aliphatic heterocycles. The molecule has 3 rings (SSSR count). The SMILES string of the molecule is O=C(N[C@H](C(=O)O)C(c1ccccc1)c1ccccc1)C(CS)Cc1ccccc1. The van der Waals surface area contributed by atoms with Crippen molar-refractivity contribution in [2.75, 3.05) is 5.75 Å². The molecule has 0 spiro atoms. The van der Waals surface area contributed by atoms with E-state index >= 15 is 0 Å². The second kappa shape index (κ2) is 10.6. The van der Waals surface area contributed by atoms with Crippen molar-refractivity contribution in [1.29, 1.82) is 0 Å². The van der Waals surface area contributed by atoms with Crippen molar-refractivity contribution in [2.24, 2.45) is 5.92 Å². The van der Waals surface area contributed by atoms with E-state index in [9.17, 15) is 14.7 Å². The first-order chi connectivity index (χ1) is 14.6. The van der Waals surface area contributed by atoms with E-state index in [0.29, 0.717) is 12.2 Å². The predicted molar refractivity (Wildman–Crippen MR) is 122 cm³/mol. The van der Waals surface area contributed by atoms with Crippen LogP contribution in [-0.4, -0.2) is 28.8 Å². The quantitative estimate of drug-likeness (QED) is 0.456. The summed E-state index contributed by atoms with van der Waals surface area (Å²) in [6, 6.07) is 27.4. The van der Waals surface area contributed by atoms with Crippen molar-refractivity contribution in [3.05, 3.63) is 108 Å². The lowest BCUT2D eigenvalue weighted by atomic mass is 9.84. The first-order valence-electron chi connectivity index (χ1n) is 9.88. The summed E-state index contributed by atoms with van der Waals surface area (Å²) in [7, 11) is 0. The third kappa shape index (κ3) is 5.51. The van der Waals surface area contributed by atoms with Crippen LogP contribution in [0.5, 0.6) is 0 Å². The van der Waals surface area contributed by atoms with Crippen molar-refractivity contribution >= 4 is 24.5 Å². The lowest BCUT2D eigenvalue weighted by Gasteiger charge is -2.27. The van der Waals surface area contributed by atoms with Gasteiger partial charge in [-0.15, -0.1) is 0 Å². The van der Waals surface area contributed by atoms with Crippen LogP contribution < -0.4 is 5.32 Å². The van der Waals surface area contributed by atoms with Gasteiger partial charge in [0.05, 0.1) is 5.92 Å². The third-order valence-electron chi connectivity index (χ3n) is 5.13. The Kier molecular flexibility index (Phi) is 7.69. The number of amides is 1. The summed E-state index contributed by atoms with van der Waals surface area (Å²) >= 11 is 4.34. The van der Waals surface area contributed by atoms with Crippen LogP contribution >= 0.6 is 12.6 Å². The van der Waals surface area contributed by atoms with Crippen molar-refractivity contribution in [3.8, 4) is 0 Å². The molecule has 1 unspecified atom stereocenters. The van der Waals surface area contributed by atoms with Gasteiger partial charge >= 0.3 is 5.97 Å². The number of benzene rings is 3. The maximum absolute atomic E-state index is 13.0. The average molecular weight is 420 g/mol. The predicted octanol–water partition coefficient (Wildman–Crippen LogP) is 4.18. The van der Waals surface area contributed by atoms with Gasteiger partial charge in [0.25, 0.3) is 0 Å². The van der Waals surface area contributed by atoms with Crippen molar-refractivity contribution in [1.82, 2.24) is 5.32 Å². The molecule has 0 aromatic heterocycles. The van der Waals surface area contributed by atoms with E-state index in [2.05, 4.69) is 17.9 Å². The van der Waals surface area contributed by atoms with Crippen molar-refractivity contribution < 1.29 is 14.7 Å². The van der Waals surface area contributed by atoms with Crippen molar-refractivity contribution in [2.45, 2.75) is 18.4 Å². The lowest BCUT2D eigenvalue weighted by molar-refractivity contribution is -0.142. The highest BCUT2D eigenvalue weighted by Gasteiger charge is 2.33. The first-order valence-corrected chi connectivity index (χ1v) is 10.5. The summed E-state index contributed by atoms with van der Waals surface area (Å²) in [4.78, 5) is 25.3. The number of hydrogen-bond acceptors (Lipinski definition) is 3. The van der Waals surface area contributed by atoms with E-state index in [4.69, 9.17) is 0 Å². The van der Waals surface area contributed by atoms with E-state index in [1.807, 2.05) is 91.0 Å². The van der Waals surface area contributed by atoms with Crippen LogP contribution in [0.1, 0.15) is 22.6 Å². The van der Waals surface area contributed by atoms with Crippen LogP contribution in [-0.2, 0) is 16.0 Å². The number of carbonyl (C=O) groups is 2. The third-order valence-corrected chi connectivity index (χ3v) is 5.57. The van der Waals surface area contributed by atoms with E-state index in [1.54, 1.807) is 0 Å². The Labute approximate surface area is 182 Å². The smallest absolute Gasteiger partial charge is 0.327 e. The number of aliphatic carboxylic acids is 1. The average Bonchev–Trinajstić information content (AvgIpc) is 2.79. The monoisotopic (exact) mass is 419 g/mol. The molecule has 3 aromatic carbocycles. The molecule has 0 fully saturated rings. The minimum atomic E-state index is -1.10. The second-order valence-electron chi connectivity index (χ2n) is 7.19. The van der Waals surface area contributed by atoms with Gasteiger partial charge in [-0.2, -0.15) is 12.6 Å². The van der Waals surface area contributed by atoms with Crippen LogP contribution in [0.3, 0.4) is 0 Å². The molecule has 5 heteroatoms. The lowest BCUT2D eigenvalue weighted by Crippen LogP contribution is -2.48. The fourth-order valence-electron chi connectivity index (χ4n) is 3.60. The van der Waals surface area contributed by atoms with Crippen LogP contribution in [0, 0.1) is 5.92 Å². The van der Waals surface area contributed by atoms with Gasteiger partial charge in [0.2, 0.25) is 5.91 Å². The highest BCUT2D eigenvalue weighted by Crippen LogP contribution is 2.28. The Morgan fingerprint density at radius 1 is 0.800 bits per heavy atom. The molecule has 0 aliphatic carbocycles. The molecule has 0 saturated heterocycles. The summed E-state index contributed by atoms with van der Waals surface area (Å²) in [5.74, 6) is -1.98. The molecule has 4 nitrogen and oxygen atoms in total. The number of thiol groups is 1. The fourth-order valence-corrected chi connectivity index (χ4v) is 3.89. The molecule has 0 aliphatic rings. The Balaban J connectivity index is 1.88. The minimum Gasteiger partial charge on any atom is -0.480 e. The molecule has 0 saturated carbocycles. The first kappa shape index (κ1) is 21.7. The van der Waals surface area contributed by atoms with E-state index in [1.165, 1.54) is 0 Å². The highest BCUT2D eigenvalue weighted by atomic mass is 32.1. The standard InChI is InChI=1S/C25H25NO3S/c27-24(21(17-30)16-18-10-4-1-5-11-18)26-23(25(28)29)22(19-12-6-2-7-13-19)20-14-8-3-9-15-20/h1-15,21-23,30H,16-17H2,(H,26,27)(H,28,29)/t21?,23-/m0/s1. The molecule has 2 atom stereocenters. The van der Waals surface area contributed by atoms with Crippen LogP contribution in [0.25, 0.3) is 0 Å². The summed E-state index contributed by atoms with van der Waals surface area (Å²) in [6.45, 7) is 0. The Bertz CT molecular complexity index is 908. The van der Waals surface area contributed by atoms with Gasteiger partial charge in [-0.25, -0.2) is 4.79 Å². The second-order valence-corrected chi connectivity index (χ2v) is 7.56. The largest absolute Gasteiger partial charge is 0.480 e. The highest BCUT2D eigenvalue weighted by molar-refractivity contribution is 7.80. The summed E-state index contributed by atoms with van der Waals surface area (Å²) < 4.78 is 0. The molecular formula is C25H25NO3S. The molecule has 0 bridgehead atoms. The number of carboxylic acids is 1. The summed E-state index contributed by atoms with van der Waals surface area (Å²) in [5, 5.41) is 12.8. The van der Waals surface area contributed by atoms with Gasteiger partial charge < -0.3 is 10.4 Å². The zero-order chi connectivity index (χ0) is 21.3. The maximum atomic E-state index is 13.0. The zero-order valence-corrected chi connectivity index (χ0v) is 17.4.